The van der Waals surface area contributed by atoms with E-state index in [1.165, 1.54) is 0 Å². The molecule has 1 aliphatic rings. The van der Waals surface area contributed by atoms with Gasteiger partial charge in [-0.25, -0.2) is 0 Å². The fourth-order valence-electron chi connectivity index (χ4n) is 3.97. The van der Waals surface area contributed by atoms with E-state index in [-0.39, 0.29) is 16.5 Å². The lowest BCUT2D eigenvalue weighted by Crippen LogP contribution is -2.50. The van der Waals surface area contributed by atoms with Crippen LogP contribution in [-0.2, 0) is 11.2 Å². The minimum absolute atomic E-state index is 0.131. The molecule has 0 aromatic heterocycles. The molecule has 0 aliphatic carbocycles. The van der Waals surface area contributed by atoms with Crippen LogP contribution in [0.2, 0.25) is 0 Å². The number of aryl methyl sites for hydroxylation is 1. The Bertz CT molecular complexity index is 723. The third-order valence-corrected chi connectivity index (χ3v) is 6.04. The second-order valence-electron chi connectivity index (χ2n) is 8.14. The molecule has 172 valence electrons. The Morgan fingerprint density at radius 2 is 1.84 bits per heavy atom. The number of aliphatic imine (C=N–C) groups is 1. The number of carbonyl (C=O) groups is 1. The summed E-state index contributed by atoms with van der Waals surface area (Å²) in [5.74, 6) is 1.27. The van der Waals surface area contributed by atoms with Gasteiger partial charge in [0.05, 0.1) is 4.92 Å². The van der Waals surface area contributed by atoms with Gasteiger partial charge in [-0.3, -0.25) is 19.9 Å². The van der Waals surface area contributed by atoms with Gasteiger partial charge >= 0.3 is 0 Å². The summed E-state index contributed by atoms with van der Waals surface area (Å²) >= 11 is 0. The highest BCUT2D eigenvalue weighted by molar-refractivity contribution is 5.80. The van der Waals surface area contributed by atoms with Crippen molar-refractivity contribution in [2.24, 2.45) is 10.9 Å². The number of carbonyl (C=O) groups excluding carboxylic acids is 1. The molecular formula is C23H37N5O3. The maximum atomic E-state index is 12.5. The zero-order valence-electron chi connectivity index (χ0n) is 19.1. The number of amides is 1. The van der Waals surface area contributed by atoms with E-state index >= 15 is 0 Å². The molecule has 1 saturated heterocycles. The van der Waals surface area contributed by atoms with Gasteiger partial charge in [-0.1, -0.05) is 26.0 Å². The Labute approximate surface area is 185 Å². The number of nitrogens with zero attached hydrogens (tertiary/aromatic N) is 3. The molecule has 1 heterocycles. The highest BCUT2D eigenvalue weighted by atomic mass is 16.6. The lowest BCUT2D eigenvalue weighted by atomic mass is 9.98. The molecule has 1 aromatic rings. The number of hydrogen-bond acceptors (Lipinski definition) is 4. The van der Waals surface area contributed by atoms with Crippen molar-refractivity contribution in [3.05, 3.63) is 39.9 Å². The quantitative estimate of drug-likeness (QED) is 0.194. The van der Waals surface area contributed by atoms with Crippen molar-refractivity contribution in [3.63, 3.8) is 0 Å². The highest BCUT2D eigenvalue weighted by Crippen LogP contribution is 2.17. The van der Waals surface area contributed by atoms with Crippen molar-refractivity contribution in [1.29, 1.82) is 0 Å². The summed E-state index contributed by atoms with van der Waals surface area (Å²) in [6.45, 7) is 6.60. The molecule has 1 amide bonds. The molecule has 0 bridgehead atoms. The molecule has 0 atom stereocenters. The molecule has 0 spiro atoms. The Hall–Kier alpha value is -2.64. The number of hydrogen-bond donors (Lipinski definition) is 2. The second-order valence-corrected chi connectivity index (χ2v) is 8.14. The lowest BCUT2D eigenvalue weighted by Gasteiger charge is -2.34. The summed E-state index contributed by atoms with van der Waals surface area (Å²) in [4.78, 5) is 29.2. The van der Waals surface area contributed by atoms with Crippen LogP contribution >= 0.6 is 0 Å². The van der Waals surface area contributed by atoms with Gasteiger partial charge in [0.15, 0.2) is 5.96 Å². The first-order valence-electron chi connectivity index (χ1n) is 11.5. The molecule has 0 unspecified atom stereocenters. The number of benzene rings is 1. The highest BCUT2D eigenvalue weighted by Gasteiger charge is 2.26. The van der Waals surface area contributed by atoms with Crippen LogP contribution in [0, 0.1) is 16.0 Å². The number of nitrogens with one attached hydrogen (secondary N) is 2. The van der Waals surface area contributed by atoms with Crippen LogP contribution < -0.4 is 10.6 Å². The lowest BCUT2D eigenvalue weighted by molar-refractivity contribution is -0.384. The topological polar surface area (TPSA) is 99.9 Å². The molecule has 1 aromatic carbocycles. The van der Waals surface area contributed by atoms with Crippen LogP contribution in [0.4, 0.5) is 5.69 Å². The summed E-state index contributed by atoms with van der Waals surface area (Å²) < 4.78 is 0. The summed E-state index contributed by atoms with van der Waals surface area (Å²) in [7, 11) is 1.78. The van der Waals surface area contributed by atoms with Gasteiger partial charge in [-0.2, -0.15) is 0 Å². The van der Waals surface area contributed by atoms with E-state index in [0.717, 1.165) is 76.1 Å². The average molecular weight is 432 g/mol. The van der Waals surface area contributed by atoms with Crippen molar-refractivity contribution in [2.45, 2.75) is 64.8 Å². The van der Waals surface area contributed by atoms with E-state index < -0.39 is 0 Å². The molecule has 0 radical (unpaired) electrons. The van der Waals surface area contributed by atoms with Crippen molar-refractivity contribution in [3.8, 4) is 0 Å². The van der Waals surface area contributed by atoms with E-state index in [0.29, 0.717) is 11.9 Å². The Kier molecular flexibility index (Phi) is 10.3. The van der Waals surface area contributed by atoms with Crippen molar-refractivity contribution < 1.29 is 9.72 Å². The first-order valence-corrected chi connectivity index (χ1v) is 11.5. The molecule has 0 saturated carbocycles. The standard InChI is InChI=1S/C23H37N5O3/c1-4-19(5-2)22(29)27-16-13-20(14-17-27)26-23(24-3)25-15-7-6-8-18-9-11-21(12-10-18)28(30)31/h9-12,19-20H,4-8,13-17H2,1-3H3,(H2,24,25,26). The SMILES string of the molecule is CCC(CC)C(=O)N1CCC(NC(=NC)NCCCCc2ccc([N+](=O)[O-])cc2)CC1. The third kappa shape index (κ3) is 7.84. The molecule has 8 nitrogen and oxygen atoms in total. The van der Waals surface area contributed by atoms with Crippen molar-refractivity contribution in [2.75, 3.05) is 26.7 Å². The minimum Gasteiger partial charge on any atom is -0.356 e. The molecule has 1 fully saturated rings. The number of likely N-dealkylation sites (tertiary alicyclic amines) is 1. The van der Waals surface area contributed by atoms with Crippen molar-refractivity contribution >= 4 is 17.6 Å². The minimum atomic E-state index is -0.374. The molecule has 31 heavy (non-hydrogen) atoms. The van der Waals surface area contributed by atoms with Gasteiger partial charge < -0.3 is 15.5 Å². The fourth-order valence-corrected chi connectivity index (χ4v) is 3.97. The fraction of sp³-hybridized carbons (Fsp3) is 0.652. The normalized spacial score (nSPS) is 15.2. The zero-order chi connectivity index (χ0) is 22.6. The number of non-ortho nitro benzene ring substituents is 1. The van der Waals surface area contributed by atoms with Gasteiger partial charge in [-0.05, 0) is 50.5 Å². The Morgan fingerprint density at radius 1 is 1.19 bits per heavy atom. The van der Waals surface area contributed by atoms with Crippen LogP contribution in [0.15, 0.2) is 29.3 Å². The maximum absolute atomic E-state index is 12.5. The molecular weight excluding hydrogens is 394 g/mol. The van der Waals surface area contributed by atoms with Crippen LogP contribution in [0.3, 0.4) is 0 Å². The molecule has 1 aliphatic heterocycles. The van der Waals surface area contributed by atoms with Crippen LogP contribution in [-0.4, -0.2) is 54.4 Å². The monoisotopic (exact) mass is 431 g/mol. The van der Waals surface area contributed by atoms with E-state index in [2.05, 4.69) is 29.5 Å². The number of piperidine rings is 1. The number of rotatable bonds is 10. The maximum Gasteiger partial charge on any atom is 0.269 e. The van der Waals surface area contributed by atoms with Crippen LogP contribution in [0.5, 0.6) is 0 Å². The molecule has 8 heteroatoms. The van der Waals surface area contributed by atoms with Crippen molar-refractivity contribution in [1.82, 2.24) is 15.5 Å². The zero-order valence-corrected chi connectivity index (χ0v) is 19.1. The smallest absolute Gasteiger partial charge is 0.269 e. The van der Waals surface area contributed by atoms with Crippen LogP contribution in [0.1, 0.15) is 57.9 Å². The number of guanidine groups is 1. The van der Waals surface area contributed by atoms with E-state index in [9.17, 15) is 14.9 Å². The first-order chi connectivity index (χ1) is 15.0. The summed E-state index contributed by atoms with van der Waals surface area (Å²) in [5, 5.41) is 17.6. The number of nitro benzene ring substituents is 1. The number of unbranched alkanes of at least 4 members (excludes halogenated alkanes) is 1. The summed E-state index contributed by atoms with van der Waals surface area (Å²) in [6.07, 6.45) is 6.58. The predicted octanol–water partition coefficient (Wildman–Crippen LogP) is 3.51. The summed E-state index contributed by atoms with van der Waals surface area (Å²) in [5.41, 5.74) is 1.24. The predicted molar refractivity (Wildman–Crippen MR) is 124 cm³/mol. The van der Waals surface area contributed by atoms with Gasteiger partial charge in [0.25, 0.3) is 5.69 Å². The second kappa shape index (κ2) is 12.9. The van der Waals surface area contributed by atoms with E-state index in [4.69, 9.17) is 0 Å². The largest absolute Gasteiger partial charge is 0.356 e. The molecule has 2 N–H and O–H groups in total. The van der Waals surface area contributed by atoms with Gasteiger partial charge in [0.1, 0.15) is 0 Å². The van der Waals surface area contributed by atoms with E-state index in [1.54, 1.807) is 19.2 Å². The van der Waals surface area contributed by atoms with Gasteiger partial charge in [-0.15, -0.1) is 0 Å². The Morgan fingerprint density at radius 3 is 2.39 bits per heavy atom. The molecule has 2 rings (SSSR count). The van der Waals surface area contributed by atoms with Gasteiger partial charge in [0.2, 0.25) is 5.91 Å². The Balaban J connectivity index is 1.64. The third-order valence-electron chi connectivity index (χ3n) is 6.04. The van der Waals surface area contributed by atoms with Gasteiger partial charge in [0, 0.05) is 50.8 Å². The number of nitro groups is 1. The first kappa shape index (κ1) is 24.6. The van der Waals surface area contributed by atoms with Crippen LogP contribution in [0.25, 0.3) is 0 Å². The average Bonchev–Trinajstić information content (AvgIpc) is 2.79. The summed E-state index contributed by atoms with van der Waals surface area (Å²) in [6, 6.07) is 7.10. The van der Waals surface area contributed by atoms with E-state index in [1.807, 2.05) is 17.0 Å².